The van der Waals surface area contributed by atoms with Gasteiger partial charge in [-0.3, -0.25) is 4.79 Å². The highest BCUT2D eigenvalue weighted by Crippen LogP contribution is 2.48. The van der Waals surface area contributed by atoms with Crippen LogP contribution < -0.4 is 5.32 Å². The molecular weight excluding hydrogens is 502 g/mol. The molecule has 3 aromatic carbocycles. The van der Waals surface area contributed by atoms with Gasteiger partial charge in [-0.2, -0.15) is 0 Å². The summed E-state index contributed by atoms with van der Waals surface area (Å²) >= 11 is 1.71. The van der Waals surface area contributed by atoms with Crippen molar-refractivity contribution in [1.82, 2.24) is 5.32 Å². The monoisotopic (exact) mass is 539 g/mol. The van der Waals surface area contributed by atoms with E-state index in [9.17, 15) is 14.7 Å². The van der Waals surface area contributed by atoms with E-state index < -0.39 is 16.8 Å². The molecule has 2 atom stereocenters. The summed E-state index contributed by atoms with van der Waals surface area (Å²) in [6.07, 6.45) is 11.4. The summed E-state index contributed by atoms with van der Waals surface area (Å²) < 4.78 is -0.513. The summed E-state index contributed by atoms with van der Waals surface area (Å²) in [5.41, 5.74) is 3.16. The Morgan fingerprint density at radius 3 is 1.87 bits per heavy atom. The van der Waals surface area contributed by atoms with Crippen molar-refractivity contribution in [3.05, 3.63) is 132 Å². The molecule has 4 rings (SSSR count). The van der Waals surface area contributed by atoms with E-state index in [2.05, 4.69) is 60.8 Å². The maximum Gasteiger partial charge on any atom is 0.326 e. The molecule has 1 aliphatic carbocycles. The molecule has 0 heterocycles. The smallest absolute Gasteiger partial charge is 0.326 e. The van der Waals surface area contributed by atoms with Gasteiger partial charge in [0.15, 0.2) is 0 Å². The summed E-state index contributed by atoms with van der Waals surface area (Å²) in [6.45, 7) is 2.11. The van der Waals surface area contributed by atoms with E-state index in [4.69, 9.17) is 0 Å². The Bertz CT molecular complexity index is 1180. The number of rotatable bonds is 13. The third kappa shape index (κ3) is 6.90. The lowest BCUT2D eigenvalue weighted by Crippen LogP contribution is -2.44. The average Bonchev–Trinajstić information content (AvgIpc) is 2.97. The predicted molar refractivity (Wildman–Crippen MR) is 161 cm³/mol. The highest BCUT2D eigenvalue weighted by Gasteiger charge is 2.37. The maximum absolute atomic E-state index is 13.1. The van der Waals surface area contributed by atoms with Crippen LogP contribution in [0.1, 0.15) is 55.7 Å². The highest BCUT2D eigenvalue weighted by molar-refractivity contribution is 8.00. The lowest BCUT2D eigenvalue weighted by atomic mass is 9.73. The molecule has 0 spiro atoms. The van der Waals surface area contributed by atoms with Crippen LogP contribution in [0.15, 0.2) is 115 Å². The van der Waals surface area contributed by atoms with Crippen LogP contribution in [0.4, 0.5) is 0 Å². The topological polar surface area (TPSA) is 66.4 Å². The first-order valence-electron chi connectivity index (χ1n) is 13.7. The van der Waals surface area contributed by atoms with Crippen LogP contribution in [-0.4, -0.2) is 28.8 Å². The number of carbonyl (C=O) groups is 2. The van der Waals surface area contributed by atoms with Crippen LogP contribution in [0.5, 0.6) is 0 Å². The van der Waals surface area contributed by atoms with Crippen LogP contribution in [0.25, 0.3) is 0 Å². The Labute approximate surface area is 236 Å². The Morgan fingerprint density at radius 1 is 0.897 bits per heavy atom. The lowest BCUT2D eigenvalue weighted by molar-refractivity contribution is -0.142. The number of carboxylic acids is 1. The zero-order chi connectivity index (χ0) is 27.6. The van der Waals surface area contributed by atoms with Crippen molar-refractivity contribution in [2.45, 2.75) is 49.8 Å². The van der Waals surface area contributed by atoms with Crippen molar-refractivity contribution in [1.29, 1.82) is 0 Å². The van der Waals surface area contributed by atoms with Crippen LogP contribution in [0.3, 0.4) is 0 Å². The van der Waals surface area contributed by atoms with Gasteiger partial charge in [0.25, 0.3) is 0 Å². The van der Waals surface area contributed by atoms with E-state index in [-0.39, 0.29) is 17.7 Å². The minimum Gasteiger partial charge on any atom is -0.480 e. The molecule has 202 valence electrons. The molecule has 0 aliphatic heterocycles. The van der Waals surface area contributed by atoms with Gasteiger partial charge in [0.1, 0.15) is 6.04 Å². The largest absolute Gasteiger partial charge is 0.480 e. The Kier molecular flexibility index (Phi) is 9.83. The van der Waals surface area contributed by atoms with Gasteiger partial charge in [0.05, 0.1) is 4.75 Å². The Hall–Kier alpha value is -3.57. The number of amides is 1. The van der Waals surface area contributed by atoms with Gasteiger partial charge in [0.2, 0.25) is 5.91 Å². The number of hydrogen-bond donors (Lipinski definition) is 2. The molecule has 2 unspecified atom stereocenters. The SMILES string of the molecule is CCCC1(CC(NC(=O)CCSC(c2ccccc2)(c2ccccc2)c2ccccc2)C(=O)O)C=CC=CC1. The number of carbonyl (C=O) groups excluding carboxylic acids is 1. The minimum absolute atomic E-state index is 0.221. The highest BCUT2D eigenvalue weighted by atomic mass is 32.2. The quantitative estimate of drug-likeness (QED) is 0.223. The Morgan fingerprint density at radius 2 is 1.44 bits per heavy atom. The van der Waals surface area contributed by atoms with E-state index in [1.807, 2.05) is 66.7 Å². The molecule has 0 radical (unpaired) electrons. The minimum atomic E-state index is -0.985. The standard InChI is InChI=1S/C34H37NO3S/c1-2-22-33(23-13-6-14-24-33)26-30(32(37)38)35-31(36)21-25-39-34(27-15-7-3-8-16-27,28-17-9-4-10-18-28)29-19-11-5-12-20-29/h3-20,23,30H,2,21-22,24-26H2,1H3,(H,35,36)(H,37,38). The van der Waals surface area contributed by atoms with Gasteiger partial charge >= 0.3 is 5.97 Å². The van der Waals surface area contributed by atoms with E-state index in [1.54, 1.807) is 11.8 Å². The molecule has 39 heavy (non-hydrogen) atoms. The van der Waals surface area contributed by atoms with Gasteiger partial charge < -0.3 is 10.4 Å². The first-order chi connectivity index (χ1) is 19.0. The van der Waals surface area contributed by atoms with Crippen molar-refractivity contribution in [2.24, 2.45) is 5.41 Å². The van der Waals surface area contributed by atoms with Gasteiger partial charge in [0, 0.05) is 12.2 Å². The molecule has 2 N–H and O–H groups in total. The second-order valence-corrected chi connectivity index (χ2v) is 11.5. The normalized spacial score (nSPS) is 17.5. The number of thioether (sulfide) groups is 1. The Balaban J connectivity index is 1.54. The molecular formula is C34H37NO3S. The third-order valence-electron chi connectivity index (χ3n) is 7.40. The van der Waals surface area contributed by atoms with Gasteiger partial charge in [-0.1, -0.05) is 129 Å². The zero-order valence-corrected chi connectivity index (χ0v) is 23.3. The van der Waals surface area contributed by atoms with Crippen molar-refractivity contribution in [2.75, 3.05) is 5.75 Å². The van der Waals surface area contributed by atoms with Crippen molar-refractivity contribution in [3.63, 3.8) is 0 Å². The van der Waals surface area contributed by atoms with Crippen molar-refractivity contribution >= 4 is 23.6 Å². The van der Waals surface area contributed by atoms with Crippen LogP contribution >= 0.6 is 11.8 Å². The van der Waals surface area contributed by atoms with Crippen LogP contribution in [0.2, 0.25) is 0 Å². The second-order valence-electron chi connectivity index (χ2n) is 10.1. The molecule has 4 nitrogen and oxygen atoms in total. The lowest BCUT2D eigenvalue weighted by Gasteiger charge is -2.35. The predicted octanol–water partition coefficient (Wildman–Crippen LogP) is 7.36. The van der Waals surface area contributed by atoms with Gasteiger partial charge in [-0.15, -0.1) is 11.8 Å². The second kappa shape index (κ2) is 13.5. The molecule has 0 saturated heterocycles. The number of carboxylic acid groups (broad SMARTS) is 1. The van der Waals surface area contributed by atoms with Crippen LogP contribution in [-0.2, 0) is 14.3 Å². The van der Waals surface area contributed by atoms with E-state index in [1.165, 1.54) is 0 Å². The maximum atomic E-state index is 13.1. The van der Waals surface area contributed by atoms with Crippen LogP contribution in [0, 0.1) is 5.41 Å². The summed E-state index contributed by atoms with van der Waals surface area (Å²) in [6, 6.07) is 30.2. The third-order valence-corrected chi connectivity index (χ3v) is 8.95. The molecule has 0 fully saturated rings. The molecule has 0 aromatic heterocycles. The molecule has 0 bridgehead atoms. The number of benzene rings is 3. The summed E-state index contributed by atoms with van der Waals surface area (Å²) in [5, 5.41) is 12.8. The summed E-state index contributed by atoms with van der Waals surface area (Å²) in [4.78, 5) is 25.3. The van der Waals surface area contributed by atoms with Crippen molar-refractivity contribution in [3.8, 4) is 0 Å². The fourth-order valence-electron chi connectivity index (χ4n) is 5.58. The number of nitrogens with one attached hydrogen (secondary N) is 1. The molecule has 0 saturated carbocycles. The molecule has 1 aliphatic rings. The van der Waals surface area contributed by atoms with E-state index in [0.29, 0.717) is 12.2 Å². The molecule has 1 amide bonds. The summed E-state index contributed by atoms with van der Waals surface area (Å²) in [5.74, 6) is -0.693. The first kappa shape index (κ1) is 28.4. The van der Waals surface area contributed by atoms with E-state index >= 15 is 0 Å². The van der Waals surface area contributed by atoms with Crippen molar-refractivity contribution < 1.29 is 14.7 Å². The summed E-state index contributed by atoms with van der Waals surface area (Å²) in [7, 11) is 0. The first-order valence-corrected chi connectivity index (χ1v) is 14.6. The molecule has 3 aromatic rings. The van der Waals surface area contributed by atoms with Gasteiger partial charge in [-0.05, 0) is 41.4 Å². The average molecular weight is 540 g/mol. The number of aliphatic carboxylic acids is 1. The number of allylic oxidation sites excluding steroid dienone is 4. The molecule has 5 heteroatoms. The fraction of sp³-hybridized carbons (Fsp3) is 0.294. The van der Waals surface area contributed by atoms with E-state index in [0.717, 1.165) is 36.0 Å². The fourth-order valence-corrected chi connectivity index (χ4v) is 7.09. The zero-order valence-electron chi connectivity index (χ0n) is 22.5. The van der Waals surface area contributed by atoms with Gasteiger partial charge in [-0.25, -0.2) is 4.79 Å². The number of hydrogen-bond acceptors (Lipinski definition) is 3.